The van der Waals surface area contributed by atoms with Crippen LogP contribution in [0.3, 0.4) is 0 Å². The molecule has 2 nitrogen and oxygen atoms in total. The van der Waals surface area contributed by atoms with Gasteiger partial charge >= 0.3 is 0 Å². The van der Waals surface area contributed by atoms with Crippen LogP contribution in [0.4, 0.5) is 4.39 Å². The third-order valence-corrected chi connectivity index (χ3v) is 3.47. The summed E-state index contributed by atoms with van der Waals surface area (Å²) in [7, 11) is 1.84. The molecule has 1 heterocycles. The van der Waals surface area contributed by atoms with Gasteiger partial charge < -0.3 is 5.32 Å². The fourth-order valence-corrected chi connectivity index (χ4v) is 2.47. The molecule has 0 aliphatic heterocycles. The monoisotopic (exact) mass is 256 g/mol. The number of nitrogens with one attached hydrogen (secondary N) is 1. The molecule has 0 spiro atoms. The van der Waals surface area contributed by atoms with Gasteiger partial charge in [0.15, 0.2) is 0 Å². The van der Waals surface area contributed by atoms with Crippen LogP contribution in [0.25, 0.3) is 10.6 Å². The van der Waals surface area contributed by atoms with E-state index in [0.717, 1.165) is 16.3 Å². The summed E-state index contributed by atoms with van der Waals surface area (Å²) in [6.07, 6.45) is 0. The molecule has 0 unspecified atom stereocenters. The molecule has 0 fully saturated rings. The van der Waals surface area contributed by atoms with Crippen LogP contribution in [0.5, 0.6) is 0 Å². The van der Waals surface area contributed by atoms with E-state index in [1.807, 2.05) is 7.05 Å². The molecule has 0 amide bonds. The standard InChI is InChI=1S/C11H10ClFN2S/c1-14-6-9-10(12)16-11(15-9)7-2-4-8(13)5-3-7/h2-5,14H,6H2,1H3. The van der Waals surface area contributed by atoms with Gasteiger partial charge in [-0.25, -0.2) is 9.37 Å². The first-order valence-corrected chi connectivity index (χ1v) is 5.96. The lowest BCUT2D eigenvalue weighted by Crippen LogP contribution is -2.05. The average Bonchev–Trinajstić information content (AvgIpc) is 2.62. The third-order valence-electron chi connectivity index (χ3n) is 2.09. The van der Waals surface area contributed by atoms with Crippen molar-refractivity contribution in [3.63, 3.8) is 0 Å². The van der Waals surface area contributed by atoms with Gasteiger partial charge in [0.25, 0.3) is 0 Å². The Kier molecular flexibility index (Phi) is 3.53. The number of benzene rings is 1. The van der Waals surface area contributed by atoms with Crippen molar-refractivity contribution in [2.24, 2.45) is 0 Å². The maximum absolute atomic E-state index is 12.8. The summed E-state index contributed by atoms with van der Waals surface area (Å²) in [6, 6.07) is 6.24. The van der Waals surface area contributed by atoms with Gasteiger partial charge in [-0.2, -0.15) is 0 Å². The predicted molar refractivity (Wildman–Crippen MR) is 65.3 cm³/mol. The largest absolute Gasteiger partial charge is 0.314 e. The molecule has 0 bridgehead atoms. The van der Waals surface area contributed by atoms with Crippen molar-refractivity contribution in [1.29, 1.82) is 0 Å². The summed E-state index contributed by atoms with van der Waals surface area (Å²) in [5.74, 6) is -0.248. The van der Waals surface area contributed by atoms with Gasteiger partial charge in [0, 0.05) is 12.1 Å². The minimum atomic E-state index is -0.248. The first-order valence-electron chi connectivity index (χ1n) is 4.76. The van der Waals surface area contributed by atoms with Gasteiger partial charge in [-0.3, -0.25) is 0 Å². The Morgan fingerprint density at radius 3 is 2.69 bits per heavy atom. The molecule has 0 saturated heterocycles. The molecular weight excluding hydrogens is 247 g/mol. The van der Waals surface area contributed by atoms with Crippen LogP contribution in [-0.4, -0.2) is 12.0 Å². The van der Waals surface area contributed by atoms with Crippen molar-refractivity contribution in [2.75, 3.05) is 7.05 Å². The topological polar surface area (TPSA) is 24.9 Å². The Morgan fingerprint density at radius 2 is 2.06 bits per heavy atom. The zero-order chi connectivity index (χ0) is 11.5. The summed E-state index contributed by atoms with van der Waals surface area (Å²) in [5, 5.41) is 3.81. The second kappa shape index (κ2) is 4.91. The number of halogens is 2. The number of aromatic nitrogens is 1. The molecule has 1 aromatic carbocycles. The Hall–Kier alpha value is -0.970. The molecule has 16 heavy (non-hydrogen) atoms. The van der Waals surface area contributed by atoms with Crippen LogP contribution in [0.15, 0.2) is 24.3 Å². The molecule has 0 atom stereocenters. The Balaban J connectivity index is 2.33. The Bertz CT molecular complexity index is 481. The lowest BCUT2D eigenvalue weighted by molar-refractivity contribution is 0.628. The maximum Gasteiger partial charge on any atom is 0.125 e. The van der Waals surface area contributed by atoms with Gasteiger partial charge in [0.1, 0.15) is 15.2 Å². The van der Waals surface area contributed by atoms with E-state index in [1.54, 1.807) is 12.1 Å². The lowest BCUT2D eigenvalue weighted by Gasteiger charge is -1.95. The van der Waals surface area contributed by atoms with Crippen molar-refractivity contribution in [1.82, 2.24) is 10.3 Å². The number of hydrogen-bond acceptors (Lipinski definition) is 3. The van der Waals surface area contributed by atoms with Crippen LogP contribution in [0.1, 0.15) is 5.69 Å². The highest BCUT2D eigenvalue weighted by molar-refractivity contribution is 7.19. The quantitative estimate of drug-likeness (QED) is 0.911. The van der Waals surface area contributed by atoms with Crippen LogP contribution in [0, 0.1) is 5.82 Å². The smallest absolute Gasteiger partial charge is 0.125 e. The minimum absolute atomic E-state index is 0.248. The zero-order valence-electron chi connectivity index (χ0n) is 8.63. The van der Waals surface area contributed by atoms with E-state index in [9.17, 15) is 4.39 Å². The van der Waals surface area contributed by atoms with Crippen LogP contribution in [-0.2, 0) is 6.54 Å². The summed E-state index contributed by atoms with van der Waals surface area (Å²) in [5.41, 5.74) is 1.71. The van der Waals surface area contributed by atoms with E-state index in [0.29, 0.717) is 10.9 Å². The van der Waals surface area contributed by atoms with Gasteiger partial charge in [-0.05, 0) is 31.3 Å². The molecule has 1 aromatic heterocycles. The maximum atomic E-state index is 12.8. The molecule has 2 aromatic rings. The second-order valence-electron chi connectivity index (χ2n) is 3.28. The fraction of sp³-hybridized carbons (Fsp3) is 0.182. The van der Waals surface area contributed by atoms with Crippen molar-refractivity contribution < 1.29 is 4.39 Å². The SMILES string of the molecule is CNCc1nc(-c2ccc(F)cc2)sc1Cl. The highest BCUT2D eigenvalue weighted by atomic mass is 35.5. The van der Waals surface area contributed by atoms with Crippen LogP contribution >= 0.6 is 22.9 Å². The van der Waals surface area contributed by atoms with Crippen LogP contribution in [0.2, 0.25) is 4.34 Å². The van der Waals surface area contributed by atoms with Crippen molar-refractivity contribution in [3.8, 4) is 10.6 Å². The lowest BCUT2D eigenvalue weighted by atomic mass is 10.2. The number of hydrogen-bond donors (Lipinski definition) is 1. The highest BCUT2D eigenvalue weighted by Crippen LogP contribution is 2.31. The summed E-state index contributed by atoms with van der Waals surface area (Å²) < 4.78 is 13.4. The third kappa shape index (κ3) is 2.40. The molecule has 84 valence electrons. The van der Waals surface area contributed by atoms with Gasteiger partial charge in [0.2, 0.25) is 0 Å². The molecule has 0 aliphatic carbocycles. The zero-order valence-corrected chi connectivity index (χ0v) is 10.2. The summed E-state index contributed by atoms with van der Waals surface area (Å²) >= 11 is 7.45. The predicted octanol–water partition coefficient (Wildman–Crippen LogP) is 3.32. The van der Waals surface area contributed by atoms with Crippen molar-refractivity contribution in [2.45, 2.75) is 6.54 Å². The van der Waals surface area contributed by atoms with Crippen LogP contribution < -0.4 is 5.32 Å². The normalized spacial score (nSPS) is 10.7. The molecule has 2 rings (SSSR count). The van der Waals surface area contributed by atoms with E-state index >= 15 is 0 Å². The van der Waals surface area contributed by atoms with Crippen molar-refractivity contribution in [3.05, 3.63) is 40.1 Å². The summed E-state index contributed by atoms with van der Waals surface area (Å²) in [4.78, 5) is 4.40. The van der Waals surface area contributed by atoms with Gasteiger partial charge in [0.05, 0.1) is 5.69 Å². The molecule has 1 N–H and O–H groups in total. The second-order valence-corrected chi connectivity index (χ2v) is 4.88. The Morgan fingerprint density at radius 1 is 1.38 bits per heavy atom. The van der Waals surface area contributed by atoms with Gasteiger partial charge in [-0.15, -0.1) is 11.3 Å². The first-order chi connectivity index (χ1) is 7.70. The highest BCUT2D eigenvalue weighted by Gasteiger charge is 2.09. The molecule has 0 radical (unpaired) electrons. The van der Waals surface area contributed by atoms with E-state index in [1.165, 1.54) is 23.5 Å². The molecule has 0 saturated carbocycles. The number of thiazole rings is 1. The van der Waals surface area contributed by atoms with Crippen molar-refractivity contribution >= 4 is 22.9 Å². The number of nitrogens with zero attached hydrogens (tertiary/aromatic N) is 1. The van der Waals surface area contributed by atoms with E-state index in [4.69, 9.17) is 11.6 Å². The summed E-state index contributed by atoms with van der Waals surface area (Å²) in [6.45, 7) is 0.635. The minimum Gasteiger partial charge on any atom is -0.314 e. The van der Waals surface area contributed by atoms with Gasteiger partial charge in [-0.1, -0.05) is 11.6 Å². The number of rotatable bonds is 3. The van der Waals surface area contributed by atoms with E-state index < -0.39 is 0 Å². The van der Waals surface area contributed by atoms with E-state index in [2.05, 4.69) is 10.3 Å². The Labute approximate surface area is 102 Å². The first kappa shape index (κ1) is 11.5. The average molecular weight is 257 g/mol. The fourth-order valence-electron chi connectivity index (χ4n) is 1.33. The molecule has 5 heteroatoms. The van der Waals surface area contributed by atoms with E-state index in [-0.39, 0.29) is 5.82 Å². The molecule has 0 aliphatic rings. The molecular formula is C11H10ClFN2S.